The number of hydrogen-bond acceptors (Lipinski definition) is 6. The van der Waals surface area contributed by atoms with Crippen LogP contribution in [0.1, 0.15) is 25.2 Å². The summed E-state index contributed by atoms with van der Waals surface area (Å²) in [5, 5.41) is 3.70. The van der Waals surface area contributed by atoms with Gasteiger partial charge in [-0.05, 0) is 36.8 Å². The van der Waals surface area contributed by atoms with Gasteiger partial charge in [-0.15, -0.1) is 0 Å². The Morgan fingerprint density at radius 2 is 2.03 bits per heavy atom. The van der Waals surface area contributed by atoms with Crippen LogP contribution in [-0.2, 0) is 0 Å². The Kier molecular flexibility index (Phi) is 5.02. The van der Waals surface area contributed by atoms with Crippen molar-refractivity contribution in [2.24, 2.45) is 0 Å². The molecule has 5 rings (SSSR count). The standard InChI is InChI=1S/C22H17ClFN7O/c1-2-15(29-20-18-19(26-10-25-18)27-11-28-20)21-30-16-8-4-7-14(24)17(16)22(32)31(21)13-6-3-5-12(23)9-13/h3-11,15H,2H2,1H3,(H2,25,26,27,28,29)/t15-/m1/s1. The molecule has 8 nitrogen and oxygen atoms in total. The average Bonchev–Trinajstić information content (AvgIpc) is 3.27. The lowest BCUT2D eigenvalue weighted by Gasteiger charge is -2.22. The zero-order valence-corrected chi connectivity index (χ0v) is 17.6. The maximum atomic E-state index is 14.6. The summed E-state index contributed by atoms with van der Waals surface area (Å²) in [7, 11) is 0. The van der Waals surface area contributed by atoms with E-state index >= 15 is 0 Å². The summed E-state index contributed by atoms with van der Waals surface area (Å²) in [5.74, 6) is 0.299. The zero-order valence-electron chi connectivity index (χ0n) is 16.9. The van der Waals surface area contributed by atoms with E-state index in [-0.39, 0.29) is 10.9 Å². The van der Waals surface area contributed by atoms with E-state index in [0.29, 0.717) is 39.9 Å². The number of aromatic amines is 1. The normalized spacial score (nSPS) is 12.3. The highest BCUT2D eigenvalue weighted by Crippen LogP contribution is 2.27. The number of rotatable bonds is 5. The third-order valence-electron chi connectivity index (χ3n) is 5.19. The van der Waals surface area contributed by atoms with Crippen LogP contribution in [0.3, 0.4) is 0 Å². The molecule has 0 aliphatic rings. The van der Waals surface area contributed by atoms with Gasteiger partial charge in [0.15, 0.2) is 11.5 Å². The summed E-state index contributed by atoms with van der Waals surface area (Å²) in [5.41, 5.74) is 1.40. The van der Waals surface area contributed by atoms with E-state index in [1.54, 1.807) is 30.3 Å². The number of halogens is 2. The summed E-state index contributed by atoms with van der Waals surface area (Å²) in [6.45, 7) is 1.95. The van der Waals surface area contributed by atoms with Gasteiger partial charge in [0.2, 0.25) is 0 Å². The van der Waals surface area contributed by atoms with Crippen LogP contribution in [0.2, 0.25) is 5.02 Å². The monoisotopic (exact) mass is 449 g/mol. The molecule has 0 aliphatic heterocycles. The Bertz CT molecular complexity index is 1510. The summed E-state index contributed by atoms with van der Waals surface area (Å²) in [4.78, 5) is 33.8. The number of H-pyrrole nitrogens is 1. The molecule has 0 unspecified atom stereocenters. The summed E-state index contributed by atoms with van der Waals surface area (Å²) in [6, 6.07) is 10.8. The van der Waals surface area contributed by atoms with Gasteiger partial charge in [-0.25, -0.2) is 24.3 Å². The molecular formula is C22H17ClFN7O. The minimum absolute atomic E-state index is 0.0796. The number of anilines is 1. The molecule has 10 heteroatoms. The second kappa shape index (κ2) is 8.01. The van der Waals surface area contributed by atoms with Crippen molar-refractivity contribution in [2.75, 3.05) is 5.32 Å². The number of aromatic nitrogens is 6. The predicted octanol–water partition coefficient (Wildman–Crippen LogP) is 4.41. The van der Waals surface area contributed by atoms with Crippen LogP contribution in [0.15, 0.2) is 59.9 Å². The van der Waals surface area contributed by atoms with Crippen molar-refractivity contribution in [1.29, 1.82) is 0 Å². The number of imidazole rings is 1. The lowest BCUT2D eigenvalue weighted by Crippen LogP contribution is -2.28. The molecular weight excluding hydrogens is 433 g/mol. The molecule has 0 spiro atoms. The molecule has 2 N–H and O–H groups in total. The van der Waals surface area contributed by atoms with E-state index in [1.807, 2.05) is 6.92 Å². The van der Waals surface area contributed by atoms with Gasteiger partial charge in [-0.2, -0.15) is 0 Å². The van der Waals surface area contributed by atoms with Crippen LogP contribution in [-0.4, -0.2) is 29.5 Å². The van der Waals surface area contributed by atoms with Gasteiger partial charge in [-0.1, -0.05) is 30.7 Å². The van der Waals surface area contributed by atoms with Crippen LogP contribution in [0.25, 0.3) is 27.8 Å². The van der Waals surface area contributed by atoms with Crippen molar-refractivity contribution in [3.8, 4) is 5.69 Å². The largest absolute Gasteiger partial charge is 0.358 e. The van der Waals surface area contributed by atoms with Crippen LogP contribution in [0.4, 0.5) is 10.2 Å². The Balaban J connectivity index is 1.75. The minimum Gasteiger partial charge on any atom is -0.358 e. The van der Waals surface area contributed by atoms with Gasteiger partial charge in [0, 0.05) is 5.02 Å². The van der Waals surface area contributed by atoms with Crippen LogP contribution in [0, 0.1) is 5.82 Å². The molecule has 0 fully saturated rings. The Hall–Kier alpha value is -3.85. The maximum Gasteiger partial charge on any atom is 0.269 e. The highest BCUT2D eigenvalue weighted by Gasteiger charge is 2.23. The van der Waals surface area contributed by atoms with Crippen LogP contribution < -0.4 is 10.9 Å². The molecule has 0 radical (unpaired) electrons. The van der Waals surface area contributed by atoms with E-state index in [2.05, 4.69) is 30.2 Å². The molecule has 32 heavy (non-hydrogen) atoms. The van der Waals surface area contributed by atoms with Crippen LogP contribution >= 0.6 is 11.6 Å². The van der Waals surface area contributed by atoms with Gasteiger partial charge in [0.05, 0.1) is 23.6 Å². The zero-order chi connectivity index (χ0) is 22.2. The molecule has 3 heterocycles. The first-order valence-corrected chi connectivity index (χ1v) is 10.3. The number of hydrogen-bond donors (Lipinski definition) is 2. The molecule has 5 aromatic rings. The van der Waals surface area contributed by atoms with E-state index < -0.39 is 17.4 Å². The summed E-state index contributed by atoms with van der Waals surface area (Å²) in [6.07, 6.45) is 3.50. The average molecular weight is 450 g/mol. The first-order valence-electron chi connectivity index (χ1n) is 9.94. The lowest BCUT2D eigenvalue weighted by molar-refractivity contribution is 0.630. The smallest absolute Gasteiger partial charge is 0.269 e. The van der Waals surface area contributed by atoms with E-state index in [0.717, 1.165) is 0 Å². The second-order valence-corrected chi connectivity index (χ2v) is 7.59. The fraction of sp³-hybridized carbons (Fsp3) is 0.136. The fourth-order valence-corrected chi connectivity index (χ4v) is 3.88. The van der Waals surface area contributed by atoms with Gasteiger partial charge < -0.3 is 10.3 Å². The quantitative estimate of drug-likeness (QED) is 0.412. The van der Waals surface area contributed by atoms with E-state index in [4.69, 9.17) is 11.6 Å². The topological polar surface area (TPSA) is 101 Å². The first kappa shape index (κ1) is 20.1. The molecule has 2 aromatic carbocycles. The van der Waals surface area contributed by atoms with Crippen molar-refractivity contribution in [1.82, 2.24) is 29.5 Å². The lowest BCUT2D eigenvalue weighted by atomic mass is 10.1. The van der Waals surface area contributed by atoms with Crippen molar-refractivity contribution < 1.29 is 4.39 Å². The van der Waals surface area contributed by atoms with E-state index in [9.17, 15) is 9.18 Å². The van der Waals surface area contributed by atoms with Gasteiger partial charge >= 0.3 is 0 Å². The number of fused-ring (bicyclic) bond motifs is 2. The molecule has 0 saturated carbocycles. The summed E-state index contributed by atoms with van der Waals surface area (Å²) >= 11 is 6.19. The minimum atomic E-state index is -0.627. The van der Waals surface area contributed by atoms with Crippen molar-refractivity contribution in [3.63, 3.8) is 0 Å². The number of benzene rings is 2. The van der Waals surface area contributed by atoms with Crippen molar-refractivity contribution >= 4 is 39.5 Å². The first-order chi connectivity index (χ1) is 15.6. The number of nitrogens with one attached hydrogen (secondary N) is 2. The molecule has 0 amide bonds. The Labute approximate surface area is 186 Å². The number of nitrogens with zero attached hydrogens (tertiary/aromatic N) is 5. The van der Waals surface area contributed by atoms with Gasteiger partial charge in [0.25, 0.3) is 5.56 Å². The molecule has 1 atom stereocenters. The fourth-order valence-electron chi connectivity index (χ4n) is 3.69. The predicted molar refractivity (Wildman–Crippen MR) is 121 cm³/mol. The molecule has 0 saturated heterocycles. The second-order valence-electron chi connectivity index (χ2n) is 7.15. The van der Waals surface area contributed by atoms with Gasteiger partial charge in [-0.3, -0.25) is 9.36 Å². The third kappa shape index (κ3) is 3.36. The van der Waals surface area contributed by atoms with Gasteiger partial charge in [0.1, 0.15) is 28.9 Å². The third-order valence-corrected chi connectivity index (χ3v) is 5.43. The molecule has 160 valence electrons. The molecule has 0 aliphatic carbocycles. The SMILES string of the molecule is CC[C@@H](Nc1ncnc2nc[nH]c12)c1nc2cccc(F)c2c(=O)n1-c1cccc(Cl)c1. The maximum absolute atomic E-state index is 14.6. The Morgan fingerprint density at radius 1 is 1.19 bits per heavy atom. The van der Waals surface area contributed by atoms with Crippen molar-refractivity contribution in [2.45, 2.75) is 19.4 Å². The van der Waals surface area contributed by atoms with Crippen LogP contribution in [0.5, 0.6) is 0 Å². The highest BCUT2D eigenvalue weighted by molar-refractivity contribution is 6.30. The molecule has 3 aromatic heterocycles. The molecule has 0 bridgehead atoms. The summed E-state index contributed by atoms with van der Waals surface area (Å²) < 4.78 is 16.0. The Morgan fingerprint density at radius 3 is 2.84 bits per heavy atom. The van der Waals surface area contributed by atoms with E-state index in [1.165, 1.54) is 29.4 Å². The highest BCUT2D eigenvalue weighted by atomic mass is 35.5. The van der Waals surface area contributed by atoms with Crippen molar-refractivity contribution in [3.05, 3.63) is 82.1 Å².